The van der Waals surface area contributed by atoms with Crippen molar-refractivity contribution in [3.05, 3.63) is 41.7 Å². The van der Waals surface area contributed by atoms with Crippen LogP contribution in [0, 0.1) is 6.92 Å². The van der Waals surface area contributed by atoms with Crippen molar-refractivity contribution in [3.63, 3.8) is 0 Å². The summed E-state index contributed by atoms with van der Waals surface area (Å²) in [5.41, 5.74) is 1.47. The number of aliphatic hydroxyl groups is 1. The van der Waals surface area contributed by atoms with Crippen molar-refractivity contribution in [2.75, 3.05) is 6.61 Å². The highest BCUT2D eigenvalue weighted by Gasteiger charge is 2.21. The highest BCUT2D eigenvalue weighted by atomic mass is 16.3. The van der Waals surface area contributed by atoms with Gasteiger partial charge in [-0.2, -0.15) is 0 Å². The minimum Gasteiger partial charge on any atom is -0.394 e. The van der Waals surface area contributed by atoms with Crippen molar-refractivity contribution in [1.82, 2.24) is 20.3 Å². The van der Waals surface area contributed by atoms with Crippen molar-refractivity contribution in [2.24, 2.45) is 0 Å². The largest absolute Gasteiger partial charge is 0.394 e. The van der Waals surface area contributed by atoms with Crippen molar-refractivity contribution in [2.45, 2.75) is 26.3 Å². The van der Waals surface area contributed by atoms with Crippen molar-refractivity contribution in [1.29, 1.82) is 0 Å². The Labute approximate surface area is 117 Å². The SMILES string of the molecule is Cc1cccc(-n2cc(C(=O)NC(C)(C)CO)nn2)c1. The van der Waals surface area contributed by atoms with Crippen LogP contribution in [0.5, 0.6) is 0 Å². The number of nitrogens with one attached hydrogen (secondary N) is 1. The van der Waals surface area contributed by atoms with E-state index >= 15 is 0 Å². The normalized spacial score (nSPS) is 11.4. The van der Waals surface area contributed by atoms with E-state index < -0.39 is 5.54 Å². The van der Waals surface area contributed by atoms with Gasteiger partial charge in [0.1, 0.15) is 0 Å². The van der Waals surface area contributed by atoms with Gasteiger partial charge in [0, 0.05) is 0 Å². The first-order valence-electron chi connectivity index (χ1n) is 6.34. The second-order valence-corrected chi connectivity index (χ2v) is 5.38. The molecule has 1 amide bonds. The number of aliphatic hydroxyl groups excluding tert-OH is 1. The molecule has 0 aliphatic rings. The van der Waals surface area contributed by atoms with E-state index in [2.05, 4.69) is 15.6 Å². The predicted octanol–water partition coefficient (Wildman–Crippen LogP) is 1.08. The molecule has 0 bridgehead atoms. The molecule has 0 aliphatic heterocycles. The lowest BCUT2D eigenvalue weighted by atomic mass is 10.1. The molecular formula is C14H18N4O2. The molecule has 2 rings (SSSR count). The van der Waals surface area contributed by atoms with Gasteiger partial charge in [0.2, 0.25) is 0 Å². The fourth-order valence-electron chi connectivity index (χ4n) is 1.68. The van der Waals surface area contributed by atoms with Gasteiger partial charge >= 0.3 is 0 Å². The number of aromatic nitrogens is 3. The number of carbonyl (C=O) groups is 1. The molecule has 20 heavy (non-hydrogen) atoms. The number of hydrogen-bond donors (Lipinski definition) is 2. The zero-order valence-corrected chi connectivity index (χ0v) is 11.8. The first-order valence-corrected chi connectivity index (χ1v) is 6.34. The van der Waals surface area contributed by atoms with Crippen LogP contribution in [0.3, 0.4) is 0 Å². The Balaban J connectivity index is 2.19. The molecule has 1 aromatic carbocycles. The number of rotatable bonds is 4. The van der Waals surface area contributed by atoms with Crippen LogP contribution in [-0.4, -0.2) is 38.2 Å². The molecule has 0 saturated heterocycles. The van der Waals surface area contributed by atoms with Crippen LogP contribution >= 0.6 is 0 Å². The van der Waals surface area contributed by atoms with Gasteiger partial charge in [0.25, 0.3) is 5.91 Å². The lowest BCUT2D eigenvalue weighted by molar-refractivity contribution is 0.0864. The third-order valence-corrected chi connectivity index (χ3v) is 2.84. The molecule has 106 valence electrons. The van der Waals surface area contributed by atoms with Crippen molar-refractivity contribution in [3.8, 4) is 5.69 Å². The summed E-state index contributed by atoms with van der Waals surface area (Å²) in [6.45, 7) is 5.30. The molecule has 0 fully saturated rings. The zero-order valence-electron chi connectivity index (χ0n) is 11.8. The first kappa shape index (κ1) is 14.2. The third-order valence-electron chi connectivity index (χ3n) is 2.84. The van der Waals surface area contributed by atoms with Gasteiger partial charge in [-0.3, -0.25) is 4.79 Å². The van der Waals surface area contributed by atoms with Gasteiger partial charge in [-0.05, 0) is 38.5 Å². The van der Waals surface area contributed by atoms with E-state index in [4.69, 9.17) is 5.11 Å². The molecule has 1 aromatic heterocycles. The number of aryl methyl sites for hydroxylation is 1. The van der Waals surface area contributed by atoms with Gasteiger partial charge in [0.15, 0.2) is 5.69 Å². The van der Waals surface area contributed by atoms with E-state index in [1.54, 1.807) is 24.7 Å². The maximum atomic E-state index is 12.0. The van der Waals surface area contributed by atoms with Crippen LogP contribution in [0.15, 0.2) is 30.5 Å². The van der Waals surface area contributed by atoms with Crippen LogP contribution in [0.2, 0.25) is 0 Å². The van der Waals surface area contributed by atoms with Crippen LogP contribution in [0.1, 0.15) is 29.9 Å². The molecule has 6 heteroatoms. The fourth-order valence-corrected chi connectivity index (χ4v) is 1.68. The Morgan fingerprint density at radius 2 is 2.20 bits per heavy atom. The summed E-state index contributed by atoms with van der Waals surface area (Å²) in [5, 5.41) is 19.6. The Bertz CT molecular complexity index is 619. The van der Waals surface area contributed by atoms with Crippen molar-refractivity contribution < 1.29 is 9.90 Å². The lowest BCUT2D eigenvalue weighted by Gasteiger charge is -2.22. The number of amides is 1. The molecule has 0 unspecified atom stereocenters. The Morgan fingerprint density at radius 3 is 2.85 bits per heavy atom. The Hall–Kier alpha value is -2.21. The van der Waals surface area contributed by atoms with E-state index in [9.17, 15) is 4.79 Å². The molecule has 1 heterocycles. The zero-order chi connectivity index (χ0) is 14.8. The molecule has 0 radical (unpaired) electrons. The monoisotopic (exact) mass is 274 g/mol. The van der Waals surface area contributed by atoms with Gasteiger partial charge in [-0.15, -0.1) is 5.10 Å². The van der Waals surface area contributed by atoms with Gasteiger partial charge < -0.3 is 10.4 Å². The molecule has 2 N–H and O–H groups in total. The molecule has 6 nitrogen and oxygen atoms in total. The van der Waals surface area contributed by atoms with Crippen LogP contribution in [-0.2, 0) is 0 Å². The highest BCUT2D eigenvalue weighted by molar-refractivity contribution is 5.92. The third kappa shape index (κ3) is 3.21. The summed E-state index contributed by atoms with van der Waals surface area (Å²) in [7, 11) is 0. The van der Waals surface area contributed by atoms with Gasteiger partial charge in [0.05, 0.1) is 24.0 Å². The lowest BCUT2D eigenvalue weighted by Crippen LogP contribution is -2.46. The average Bonchev–Trinajstić information content (AvgIpc) is 2.88. The quantitative estimate of drug-likeness (QED) is 0.874. The van der Waals surface area contributed by atoms with Crippen LogP contribution in [0.4, 0.5) is 0 Å². The average molecular weight is 274 g/mol. The summed E-state index contributed by atoms with van der Waals surface area (Å²) in [5.74, 6) is -0.358. The Morgan fingerprint density at radius 1 is 1.45 bits per heavy atom. The van der Waals surface area contributed by atoms with E-state index in [0.717, 1.165) is 11.3 Å². The first-order chi connectivity index (χ1) is 9.41. The summed E-state index contributed by atoms with van der Waals surface area (Å²) in [4.78, 5) is 12.0. The molecule has 0 spiro atoms. The summed E-state index contributed by atoms with van der Waals surface area (Å²) in [6, 6.07) is 7.74. The minimum atomic E-state index is -0.690. The number of benzene rings is 1. The van der Waals surface area contributed by atoms with E-state index in [0.29, 0.717) is 0 Å². The molecule has 0 saturated carbocycles. The number of hydrogen-bond acceptors (Lipinski definition) is 4. The van der Waals surface area contributed by atoms with E-state index in [-0.39, 0.29) is 18.2 Å². The standard InChI is InChI=1S/C14H18N4O2/c1-10-5-4-6-11(7-10)18-8-12(16-17-18)13(20)15-14(2,3)9-19/h4-8,19H,9H2,1-3H3,(H,15,20). The maximum Gasteiger partial charge on any atom is 0.273 e. The number of carbonyl (C=O) groups excluding carboxylic acids is 1. The van der Waals surface area contributed by atoms with Gasteiger partial charge in [-0.1, -0.05) is 17.3 Å². The van der Waals surface area contributed by atoms with Crippen LogP contribution < -0.4 is 5.32 Å². The molecular weight excluding hydrogens is 256 g/mol. The maximum absolute atomic E-state index is 12.0. The van der Waals surface area contributed by atoms with Crippen LogP contribution in [0.25, 0.3) is 5.69 Å². The minimum absolute atomic E-state index is 0.148. The van der Waals surface area contributed by atoms with E-state index in [1.165, 1.54) is 0 Å². The van der Waals surface area contributed by atoms with Crippen molar-refractivity contribution >= 4 is 5.91 Å². The van der Waals surface area contributed by atoms with E-state index in [1.807, 2.05) is 31.2 Å². The molecule has 0 aliphatic carbocycles. The fraction of sp³-hybridized carbons (Fsp3) is 0.357. The summed E-state index contributed by atoms with van der Waals surface area (Å²) < 4.78 is 1.55. The number of nitrogens with zero attached hydrogens (tertiary/aromatic N) is 3. The molecule has 2 aromatic rings. The second kappa shape index (κ2) is 5.42. The topological polar surface area (TPSA) is 80.0 Å². The second-order valence-electron chi connectivity index (χ2n) is 5.38. The summed E-state index contributed by atoms with van der Waals surface area (Å²) in [6.07, 6.45) is 1.57. The summed E-state index contributed by atoms with van der Waals surface area (Å²) >= 11 is 0. The highest BCUT2D eigenvalue weighted by Crippen LogP contribution is 2.10. The molecule has 0 atom stereocenters. The van der Waals surface area contributed by atoms with Gasteiger partial charge in [-0.25, -0.2) is 4.68 Å². The smallest absolute Gasteiger partial charge is 0.273 e. The Kier molecular flexibility index (Phi) is 3.85. The predicted molar refractivity (Wildman–Crippen MR) is 74.7 cm³/mol.